The van der Waals surface area contributed by atoms with Crippen LogP contribution in [0.5, 0.6) is 0 Å². The van der Waals surface area contributed by atoms with Crippen molar-refractivity contribution in [3.8, 4) is 0 Å². The Kier molecular flexibility index (Phi) is 7.25. The first-order chi connectivity index (χ1) is 8.62. The minimum absolute atomic E-state index is 0.390. The Balaban J connectivity index is 2.27. The second-order valence-corrected chi connectivity index (χ2v) is 6.65. The van der Waals surface area contributed by atoms with E-state index in [1.54, 1.807) is 0 Å². The molecule has 0 unspecified atom stereocenters. The van der Waals surface area contributed by atoms with Crippen molar-refractivity contribution in [1.29, 1.82) is 0 Å². The summed E-state index contributed by atoms with van der Waals surface area (Å²) in [4.78, 5) is 0. The monoisotopic (exact) mass is 255 g/mol. The summed E-state index contributed by atoms with van der Waals surface area (Å²) in [6.45, 7) is 9.33. The zero-order valence-electron chi connectivity index (χ0n) is 12.7. The maximum absolute atomic E-state index is 6.04. The molecule has 0 bridgehead atoms. The van der Waals surface area contributed by atoms with Gasteiger partial charge in [0.15, 0.2) is 0 Å². The number of nitrogens with two attached hydrogens (primary N) is 1. The van der Waals surface area contributed by atoms with Crippen molar-refractivity contribution in [3.63, 3.8) is 0 Å². The lowest BCUT2D eigenvalue weighted by atomic mass is 9.68. The summed E-state index contributed by atoms with van der Waals surface area (Å²) < 4.78 is 5.74. The zero-order valence-corrected chi connectivity index (χ0v) is 12.7. The maximum atomic E-state index is 6.04. The number of ether oxygens (including phenoxy) is 1. The van der Waals surface area contributed by atoms with Gasteiger partial charge in [-0.2, -0.15) is 0 Å². The van der Waals surface area contributed by atoms with Crippen LogP contribution in [0, 0.1) is 17.3 Å². The van der Waals surface area contributed by atoms with Crippen molar-refractivity contribution in [2.45, 2.75) is 65.7 Å². The first-order valence-corrected chi connectivity index (χ1v) is 7.89. The van der Waals surface area contributed by atoms with Gasteiger partial charge in [-0.1, -0.05) is 33.6 Å². The molecule has 0 spiro atoms. The van der Waals surface area contributed by atoms with Crippen LogP contribution in [0.4, 0.5) is 0 Å². The van der Waals surface area contributed by atoms with Gasteiger partial charge in [0.25, 0.3) is 0 Å². The molecular formula is C16H33NO. The summed E-state index contributed by atoms with van der Waals surface area (Å²) in [6, 6.07) is 0. The molecule has 2 nitrogen and oxygen atoms in total. The Morgan fingerprint density at radius 3 is 2.44 bits per heavy atom. The van der Waals surface area contributed by atoms with Gasteiger partial charge < -0.3 is 10.5 Å². The van der Waals surface area contributed by atoms with E-state index in [0.717, 1.165) is 32.1 Å². The van der Waals surface area contributed by atoms with E-state index in [-0.39, 0.29) is 0 Å². The molecule has 0 aromatic heterocycles. The van der Waals surface area contributed by atoms with E-state index in [4.69, 9.17) is 10.5 Å². The lowest BCUT2D eigenvalue weighted by Crippen LogP contribution is -2.36. The number of hydrogen-bond donors (Lipinski definition) is 1. The Morgan fingerprint density at radius 1 is 1.28 bits per heavy atom. The second kappa shape index (κ2) is 8.16. The van der Waals surface area contributed by atoms with Gasteiger partial charge in [-0.15, -0.1) is 0 Å². The van der Waals surface area contributed by atoms with Gasteiger partial charge in [0.2, 0.25) is 0 Å². The zero-order chi connectivity index (χ0) is 13.4. The minimum atomic E-state index is 0.390. The lowest BCUT2D eigenvalue weighted by molar-refractivity contribution is 0.0551. The predicted octanol–water partition coefficient (Wildman–Crippen LogP) is 3.98. The van der Waals surface area contributed by atoms with Crippen molar-refractivity contribution >= 4 is 0 Å². The van der Waals surface area contributed by atoms with E-state index in [0.29, 0.717) is 11.3 Å². The molecule has 0 amide bonds. The van der Waals surface area contributed by atoms with Gasteiger partial charge in [0, 0.05) is 13.2 Å². The van der Waals surface area contributed by atoms with Crippen LogP contribution in [0.2, 0.25) is 0 Å². The quantitative estimate of drug-likeness (QED) is 0.666. The first kappa shape index (κ1) is 16.0. The van der Waals surface area contributed by atoms with E-state index < -0.39 is 0 Å². The molecule has 0 saturated heterocycles. The molecule has 1 rings (SSSR count). The smallest absolute Gasteiger partial charge is 0.0488 e. The first-order valence-electron chi connectivity index (χ1n) is 7.89. The summed E-state index contributed by atoms with van der Waals surface area (Å²) in [5.74, 6) is 1.60. The topological polar surface area (TPSA) is 35.2 Å². The normalized spacial score (nSPS) is 28.8. The summed E-state index contributed by atoms with van der Waals surface area (Å²) in [5.41, 5.74) is 6.43. The van der Waals surface area contributed by atoms with Crippen LogP contribution in [0.3, 0.4) is 0 Å². The molecule has 108 valence electrons. The van der Waals surface area contributed by atoms with Crippen LogP contribution >= 0.6 is 0 Å². The van der Waals surface area contributed by atoms with Gasteiger partial charge in [-0.25, -0.2) is 0 Å². The van der Waals surface area contributed by atoms with Crippen molar-refractivity contribution < 1.29 is 4.74 Å². The Bertz CT molecular complexity index is 207. The molecule has 0 atom stereocenters. The molecule has 0 heterocycles. The molecule has 0 aromatic carbocycles. The van der Waals surface area contributed by atoms with E-state index in [2.05, 4.69) is 20.8 Å². The van der Waals surface area contributed by atoms with Crippen LogP contribution in [0.25, 0.3) is 0 Å². The molecule has 2 N–H and O–H groups in total. The fourth-order valence-electron chi connectivity index (χ4n) is 3.15. The summed E-state index contributed by atoms with van der Waals surface area (Å²) in [6.07, 6.45) is 9.31. The van der Waals surface area contributed by atoms with Gasteiger partial charge in [-0.05, 0) is 55.9 Å². The highest BCUT2D eigenvalue weighted by Crippen LogP contribution is 2.42. The molecule has 0 aliphatic heterocycles. The van der Waals surface area contributed by atoms with E-state index in [9.17, 15) is 0 Å². The highest BCUT2D eigenvalue weighted by molar-refractivity contribution is 4.86. The van der Waals surface area contributed by atoms with Crippen LogP contribution in [0.1, 0.15) is 65.7 Å². The Morgan fingerprint density at radius 2 is 1.94 bits per heavy atom. The molecule has 18 heavy (non-hydrogen) atoms. The standard InChI is InChI=1S/C16H33NO/c1-4-5-15-6-8-16(13-17,9-7-15)10-11-18-12-14(2)3/h14-15H,4-13,17H2,1-3H3. The van der Waals surface area contributed by atoms with E-state index in [1.807, 2.05) is 0 Å². The van der Waals surface area contributed by atoms with Crippen LogP contribution in [-0.2, 0) is 4.74 Å². The van der Waals surface area contributed by atoms with Crippen molar-refractivity contribution in [1.82, 2.24) is 0 Å². The van der Waals surface area contributed by atoms with Gasteiger partial charge in [0.05, 0.1) is 0 Å². The third-order valence-electron chi connectivity index (χ3n) is 4.52. The molecule has 1 aliphatic carbocycles. The van der Waals surface area contributed by atoms with Crippen molar-refractivity contribution in [3.05, 3.63) is 0 Å². The molecular weight excluding hydrogens is 222 g/mol. The Hall–Kier alpha value is -0.0800. The molecule has 1 aliphatic rings. The molecule has 1 fully saturated rings. The molecule has 0 aromatic rings. The maximum Gasteiger partial charge on any atom is 0.0488 e. The number of hydrogen-bond acceptors (Lipinski definition) is 2. The Labute approximate surface area is 114 Å². The summed E-state index contributed by atoms with van der Waals surface area (Å²) in [5, 5.41) is 0. The third kappa shape index (κ3) is 5.27. The highest BCUT2D eigenvalue weighted by Gasteiger charge is 2.33. The van der Waals surface area contributed by atoms with E-state index >= 15 is 0 Å². The van der Waals surface area contributed by atoms with Crippen LogP contribution in [-0.4, -0.2) is 19.8 Å². The predicted molar refractivity (Wildman–Crippen MR) is 78.6 cm³/mol. The second-order valence-electron chi connectivity index (χ2n) is 6.65. The van der Waals surface area contributed by atoms with Crippen LogP contribution < -0.4 is 5.73 Å². The van der Waals surface area contributed by atoms with Gasteiger partial charge >= 0.3 is 0 Å². The molecule has 1 saturated carbocycles. The average Bonchev–Trinajstić information content (AvgIpc) is 2.37. The van der Waals surface area contributed by atoms with Crippen molar-refractivity contribution in [2.75, 3.05) is 19.8 Å². The SMILES string of the molecule is CCCC1CCC(CN)(CCOCC(C)C)CC1. The van der Waals surface area contributed by atoms with E-state index in [1.165, 1.54) is 38.5 Å². The van der Waals surface area contributed by atoms with Crippen LogP contribution in [0.15, 0.2) is 0 Å². The number of rotatable bonds is 8. The molecule has 0 radical (unpaired) electrons. The minimum Gasteiger partial charge on any atom is -0.381 e. The fraction of sp³-hybridized carbons (Fsp3) is 1.00. The van der Waals surface area contributed by atoms with Gasteiger partial charge in [-0.3, -0.25) is 0 Å². The average molecular weight is 255 g/mol. The summed E-state index contributed by atoms with van der Waals surface area (Å²) >= 11 is 0. The molecule has 2 heteroatoms. The lowest BCUT2D eigenvalue weighted by Gasteiger charge is -2.39. The largest absolute Gasteiger partial charge is 0.381 e. The summed E-state index contributed by atoms with van der Waals surface area (Å²) in [7, 11) is 0. The van der Waals surface area contributed by atoms with Gasteiger partial charge in [0.1, 0.15) is 0 Å². The third-order valence-corrected chi connectivity index (χ3v) is 4.52. The fourth-order valence-corrected chi connectivity index (χ4v) is 3.15. The highest BCUT2D eigenvalue weighted by atomic mass is 16.5. The van der Waals surface area contributed by atoms with Crippen molar-refractivity contribution in [2.24, 2.45) is 23.0 Å².